The summed E-state index contributed by atoms with van der Waals surface area (Å²) in [5, 5.41) is 16.0. The van der Waals surface area contributed by atoms with Crippen LogP contribution in [0.25, 0.3) is 0 Å². The van der Waals surface area contributed by atoms with Gasteiger partial charge in [0.2, 0.25) is 18.0 Å². The van der Waals surface area contributed by atoms with Crippen LogP contribution in [0.15, 0.2) is 26.7 Å². The molecule has 0 aliphatic rings. The lowest BCUT2D eigenvalue weighted by Crippen LogP contribution is -2.37. The zero-order chi connectivity index (χ0) is 42.0. The number of H-pyrrole nitrogens is 2. The molecule has 0 aromatic carbocycles. The molecular formula is C36H66N14O6. The van der Waals surface area contributed by atoms with Crippen LogP contribution in [0.4, 0.5) is 26.3 Å². The number of nitrogens with one attached hydrogen (secondary N) is 8. The second-order valence-corrected chi connectivity index (χ2v) is 13.3. The lowest BCUT2D eigenvalue weighted by molar-refractivity contribution is 0.239. The van der Waals surface area contributed by atoms with E-state index in [-0.39, 0.29) is 29.0 Å². The summed E-state index contributed by atoms with van der Waals surface area (Å²) in [4.78, 5) is 87.8. The molecule has 0 saturated carbocycles. The molecule has 0 aliphatic heterocycles. The minimum atomic E-state index is -0.408. The Bertz CT molecular complexity index is 1540. The molecule has 0 saturated heterocycles. The molecule has 20 heteroatoms. The summed E-state index contributed by atoms with van der Waals surface area (Å²) >= 11 is 0. The maximum absolute atomic E-state index is 11.7. The van der Waals surface area contributed by atoms with Gasteiger partial charge in [0.25, 0.3) is 11.1 Å². The highest BCUT2D eigenvalue weighted by molar-refractivity contribution is 5.87. The Morgan fingerprint density at radius 1 is 0.643 bits per heavy atom. The Kier molecular flexibility index (Phi) is 30.1. The lowest BCUT2D eigenvalue weighted by atomic mass is 10.2. The van der Waals surface area contributed by atoms with Gasteiger partial charge in [-0.15, -0.1) is 0 Å². The molecule has 0 bridgehead atoms. The third-order valence-electron chi connectivity index (χ3n) is 7.30. The van der Waals surface area contributed by atoms with Crippen molar-refractivity contribution in [1.29, 1.82) is 0 Å². The third-order valence-corrected chi connectivity index (χ3v) is 7.30. The van der Waals surface area contributed by atoms with Gasteiger partial charge in [-0.05, 0) is 100 Å². The molecule has 2 rings (SSSR count). The van der Waals surface area contributed by atoms with Crippen LogP contribution in [0, 0.1) is 13.8 Å². The Balaban J connectivity index is 0.000000947. The van der Waals surface area contributed by atoms with Crippen molar-refractivity contribution in [2.24, 2.45) is 10.7 Å². The molecule has 0 fully saturated rings. The molecule has 0 aliphatic carbocycles. The van der Waals surface area contributed by atoms with Gasteiger partial charge < -0.3 is 36.8 Å². The Hall–Kier alpha value is -5.17. The van der Waals surface area contributed by atoms with E-state index in [1.807, 2.05) is 14.1 Å². The van der Waals surface area contributed by atoms with E-state index in [1.54, 1.807) is 13.8 Å². The fraction of sp³-hybridized carbons (Fsp3) is 0.667. The van der Waals surface area contributed by atoms with Gasteiger partial charge in [-0.1, -0.05) is 25.7 Å². The summed E-state index contributed by atoms with van der Waals surface area (Å²) in [6.07, 6.45) is 10.7. The molecular weight excluding hydrogens is 724 g/mol. The van der Waals surface area contributed by atoms with Gasteiger partial charge in [0, 0.05) is 49.7 Å². The first-order chi connectivity index (χ1) is 26.7. The first kappa shape index (κ1) is 50.8. The van der Waals surface area contributed by atoms with E-state index in [1.165, 1.54) is 18.2 Å². The van der Waals surface area contributed by atoms with Crippen molar-refractivity contribution in [2.45, 2.75) is 78.1 Å². The number of urea groups is 3. The molecule has 20 nitrogen and oxygen atoms in total. The van der Waals surface area contributed by atoms with E-state index in [0.29, 0.717) is 44.1 Å². The normalized spacial score (nSPS) is 10.2. The van der Waals surface area contributed by atoms with Crippen molar-refractivity contribution >= 4 is 36.1 Å². The molecule has 2 aromatic rings. The monoisotopic (exact) mass is 791 g/mol. The molecule has 0 radical (unpaired) electrons. The first-order valence-corrected chi connectivity index (χ1v) is 19.1. The minimum absolute atomic E-state index is 0.125. The maximum Gasteiger partial charge on any atom is 0.321 e. The SMILES string of the molecule is CN(C)CCCN.Cc1cc(=O)[nH]c(NC(=O)NCCCCCCN=C=O)n1.Cc1cc(=O)[nH]c(NC(=O)NCCCCCCNC(=O)NCCCN(C)C)n1. The van der Waals surface area contributed by atoms with Crippen LogP contribution in [-0.4, -0.2) is 134 Å². The van der Waals surface area contributed by atoms with Crippen LogP contribution in [0.2, 0.25) is 0 Å². The van der Waals surface area contributed by atoms with E-state index in [4.69, 9.17) is 5.73 Å². The molecule has 0 spiro atoms. The smallest absolute Gasteiger partial charge is 0.321 e. The second-order valence-electron chi connectivity index (χ2n) is 13.3. The number of hydrogen-bond donors (Lipinski definition) is 9. The van der Waals surface area contributed by atoms with Crippen LogP contribution in [-0.2, 0) is 4.79 Å². The topological polar surface area (TPSA) is 277 Å². The van der Waals surface area contributed by atoms with Gasteiger partial charge in [-0.3, -0.25) is 30.2 Å². The van der Waals surface area contributed by atoms with Gasteiger partial charge >= 0.3 is 18.1 Å². The highest BCUT2D eigenvalue weighted by atomic mass is 16.2. The second kappa shape index (κ2) is 33.2. The maximum atomic E-state index is 11.7. The zero-order valence-electron chi connectivity index (χ0n) is 34.1. The number of unbranched alkanes of at least 4 members (excludes halogenated alkanes) is 6. The summed E-state index contributed by atoms with van der Waals surface area (Å²) in [5.41, 5.74) is 5.71. The number of amides is 6. The Labute approximate surface area is 330 Å². The van der Waals surface area contributed by atoms with E-state index in [2.05, 4.69) is 80.7 Å². The average molecular weight is 791 g/mol. The van der Waals surface area contributed by atoms with E-state index in [0.717, 1.165) is 83.8 Å². The predicted octanol–water partition coefficient (Wildman–Crippen LogP) is 2.00. The first-order valence-electron chi connectivity index (χ1n) is 19.1. The van der Waals surface area contributed by atoms with Crippen LogP contribution in [0.5, 0.6) is 0 Å². The number of carbonyl (C=O) groups is 3. The molecule has 56 heavy (non-hydrogen) atoms. The van der Waals surface area contributed by atoms with Gasteiger partial charge in [0.1, 0.15) is 0 Å². The fourth-order valence-corrected chi connectivity index (χ4v) is 4.57. The number of nitrogens with zero attached hydrogens (tertiary/aromatic N) is 5. The number of aromatic nitrogens is 4. The highest BCUT2D eigenvalue weighted by Crippen LogP contribution is 2.01. The van der Waals surface area contributed by atoms with Crippen LogP contribution in [0.3, 0.4) is 0 Å². The number of rotatable bonds is 23. The minimum Gasteiger partial charge on any atom is -0.338 e. The standard InChI is InChI=1S/C18H33N7O3.C13H19N5O3.C5H14N2/c1-14-13-15(26)23-16(22-14)24-18(28)21-10-7-5-4-6-9-19-17(27)20-11-8-12-25(2)3;1-10-8-11(20)17-12(16-10)18-13(21)15-7-5-3-2-4-6-14-9-19;1-7(2)5-3-4-6/h13H,4-12H2,1-3H3,(H2,19,20,27)(H3,21,22,23,24,26,28);8H,2-7H2,1H3,(H3,15,16,17,18,20,21);3-6H2,1-2H3. The molecule has 10 N–H and O–H groups in total. The van der Waals surface area contributed by atoms with Crippen LogP contribution >= 0.6 is 0 Å². The van der Waals surface area contributed by atoms with E-state index in [9.17, 15) is 28.8 Å². The van der Waals surface area contributed by atoms with E-state index >= 15 is 0 Å². The number of aryl methyl sites for hydroxylation is 2. The number of isocyanates is 1. The summed E-state index contributed by atoms with van der Waals surface area (Å²) in [6, 6.07) is 1.76. The van der Waals surface area contributed by atoms with E-state index < -0.39 is 12.1 Å². The number of anilines is 2. The Morgan fingerprint density at radius 2 is 1.04 bits per heavy atom. The average Bonchev–Trinajstić information content (AvgIpc) is 3.11. The number of carbonyl (C=O) groups excluding carboxylic acids is 4. The van der Waals surface area contributed by atoms with Crippen LogP contribution in [0.1, 0.15) is 75.6 Å². The number of hydrogen-bond acceptors (Lipinski definition) is 12. The van der Waals surface area contributed by atoms with Gasteiger partial charge in [0.15, 0.2) is 0 Å². The largest absolute Gasteiger partial charge is 0.338 e. The van der Waals surface area contributed by atoms with Crippen molar-refractivity contribution in [3.8, 4) is 0 Å². The molecule has 2 aromatic heterocycles. The fourth-order valence-electron chi connectivity index (χ4n) is 4.57. The molecule has 0 unspecified atom stereocenters. The summed E-state index contributed by atoms with van der Waals surface area (Å²) < 4.78 is 0. The number of aromatic amines is 2. The third kappa shape index (κ3) is 32.3. The van der Waals surface area contributed by atoms with Crippen molar-refractivity contribution in [3.05, 3.63) is 44.2 Å². The molecule has 6 amide bonds. The van der Waals surface area contributed by atoms with Crippen LogP contribution < -0.4 is 48.8 Å². The highest BCUT2D eigenvalue weighted by Gasteiger charge is 2.05. The van der Waals surface area contributed by atoms with Gasteiger partial charge in [-0.2, -0.15) is 0 Å². The Morgan fingerprint density at radius 3 is 1.41 bits per heavy atom. The summed E-state index contributed by atoms with van der Waals surface area (Å²) in [6.45, 7) is 9.09. The number of aliphatic imine (C=N–C) groups is 1. The molecule has 2 heterocycles. The van der Waals surface area contributed by atoms with Gasteiger partial charge in [-0.25, -0.2) is 34.1 Å². The lowest BCUT2D eigenvalue weighted by Gasteiger charge is -2.10. The molecule has 316 valence electrons. The van der Waals surface area contributed by atoms with Crippen molar-refractivity contribution < 1.29 is 19.2 Å². The predicted molar refractivity (Wildman–Crippen MR) is 220 cm³/mol. The zero-order valence-corrected chi connectivity index (χ0v) is 34.1. The van der Waals surface area contributed by atoms with Crippen molar-refractivity contribution in [2.75, 3.05) is 91.2 Å². The number of nitrogens with two attached hydrogens (primary N) is 1. The van der Waals surface area contributed by atoms with Crippen molar-refractivity contribution in [3.63, 3.8) is 0 Å². The van der Waals surface area contributed by atoms with Gasteiger partial charge in [0.05, 0.1) is 6.54 Å². The quantitative estimate of drug-likeness (QED) is 0.0446. The molecule has 0 atom stereocenters. The summed E-state index contributed by atoms with van der Waals surface area (Å²) in [5.74, 6) is 0.262. The van der Waals surface area contributed by atoms with Crippen molar-refractivity contribution in [1.82, 2.24) is 51.0 Å². The summed E-state index contributed by atoms with van der Waals surface area (Å²) in [7, 11) is 8.11.